The lowest BCUT2D eigenvalue weighted by Crippen LogP contribution is -2.14. The Hall–Kier alpha value is 0.270. The Morgan fingerprint density at radius 1 is 1.50 bits per heavy atom. The quantitative estimate of drug-likeness (QED) is 0.316. The van der Waals surface area contributed by atoms with Gasteiger partial charge in [-0.2, -0.15) is 0 Å². The smallest absolute Gasteiger partial charge is 0.122 e. The van der Waals surface area contributed by atoms with Crippen LogP contribution in [-0.2, 0) is 0 Å². The Bertz CT molecular complexity index is 29.8. The predicted molar refractivity (Wildman–Crippen MR) is 26.7 cm³/mol. The number of aliphatic hydroxyl groups excluding tert-OH is 2. The van der Waals surface area contributed by atoms with Gasteiger partial charge in [-0.05, 0) is 6.92 Å². The summed E-state index contributed by atoms with van der Waals surface area (Å²) in [7, 11) is 0. The Balaban J connectivity index is 2.99. The molecule has 0 aliphatic rings. The topological polar surface area (TPSA) is 40.5 Å². The van der Waals surface area contributed by atoms with Crippen molar-refractivity contribution in [1.82, 2.24) is 0 Å². The summed E-state index contributed by atoms with van der Waals surface area (Å²) >= 11 is 3.50. The monoisotopic (exact) mass is 108 g/mol. The maximum Gasteiger partial charge on any atom is 0.122 e. The first-order valence-corrected chi connectivity index (χ1v) is 2.20. The SMILES string of the molecule is CC(O)C(O)S. The highest BCUT2D eigenvalue weighted by Crippen LogP contribution is 1.93. The molecule has 2 atom stereocenters. The summed E-state index contributed by atoms with van der Waals surface area (Å²) in [5.74, 6) is 0. The third kappa shape index (κ3) is 2.50. The van der Waals surface area contributed by atoms with E-state index in [-0.39, 0.29) is 0 Å². The minimum Gasteiger partial charge on any atom is -0.390 e. The Morgan fingerprint density at radius 3 is 1.67 bits per heavy atom. The van der Waals surface area contributed by atoms with Crippen LogP contribution in [0.25, 0.3) is 0 Å². The molecule has 2 unspecified atom stereocenters. The minimum absolute atomic E-state index is 0.728. The van der Waals surface area contributed by atoms with Gasteiger partial charge in [-0.15, -0.1) is 12.6 Å². The van der Waals surface area contributed by atoms with Crippen LogP contribution in [0.4, 0.5) is 0 Å². The molecule has 0 rings (SSSR count). The maximum atomic E-state index is 8.30. The summed E-state index contributed by atoms with van der Waals surface area (Å²) in [5.41, 5.74) is -0.898. The van der Waals surface area contributed by atoms with Crippen molar-refractivity contribution in [3.63, 3.8) is 0 Å². The molecule has 6 heavy (non-hydrogen) atoms. The molecule has 0 bridgehead atoms. The second-order valence-electron chi connectivity index (χ2n) is 1.15. The summed E-state index contributed by atoms with van der Waals surface area (Å²) in [6.45, 7) is 1.47. The van der Waals surface area contributed by atoms with Crippen LogP contribution in [0, 0.1) is 0 Å². The van der Waals surface area contributed by atoms with Crippen LogP contribution < -0.4 is 0 Å². The van der Waals surface area contributed by atoms with E-state index in [1.165, 1.54) is 6.92 Å². The molecule has 0 radical (unpaired) electrons. The van der Waals surface area contributed by atoms with Crippen molar-refractivity contribution in [3.8, 4) is 0 Å². The largest absolute Gasteiger partial charge is 0.390 e. The molecular formula is C3H8O2S. The van der Waals surface area contributed by atoms with Gasteiger partial charge in [-0.25, -0.2) is 0 Å². The fourth-order valence-electron chi connectivity index (χ4n) is 0. The van der Waals surface area contributed by atoms with E-state index in [1.807, 2.05) is 0 Å². The predicted octanol–water partition coefficient (Wildman–Crippen LogP) is -0.385. The minimum atomic E-state index is -0.898. The zero-order valence-electron chi connectivity index (χ0n) is 3.50. The Labute approximate surface area is 42.2 Å². The molecule has 0 amide bonds. The van der Waals surface area contributed by atoms with Crippen molar-refractivity contribution in [2.45, 2.75) is 18.5 Å². The van der Waals surface area contributed by atoms with E-state index in [9.17, 15) is 0 Å². The lowest BCUT2D eigenvalue weighted by atomic mass is 10.4. The van der Waals surface area contributed by atoms with E-state index in [2.05, 4.69) is 12.6 Å². The van der Waals surface area contributed by atoms with Gasteiger partial charge < -0.3 is 10.2 Å². The first-order chi connectivity index (χ1) is 2.64. The molecule has 0 saturated heterocycles. The van der Waals surface area contributed by atoms with Crippen LogP contribution in [0.1, 0.15) is 6.92 Å². The van der Waals surface area contributed by atoms with Crippen LogP contribution in [-0.4, -0.2) is 21.8 Å². The molecule has 0 fully saturated rings. The second-order valence-corrected chi connectivity index (χ2v) is 1.68. The Morgan fingerprint density at radius 2 is 1.67 bits per heavy atom. The molecule has 3 heteroatoms. The fraction of sp³-hybridized carbons (Fsp3) is 1.00. The molecule has 0 aromatic heterocycles. The van der Waals surface area contributed by atoms with Gasteiger partial charge in [-0.1, -0.05) is 0 Å². The molecule has 0 aromatic carbocycles. The van der Waals surface area contributed by atoms with Gasteiger partial charge in [-0.3, -0.25) is 0 Å². The number of rotatable bonds is 1. The van der Waals surface area contributed by atoms with Gasteiger partial charge in [0.2, 0.25) is 0 Å². The van der Waals surface area contributed by atoms with Gasteiger partial charge in [0, 0.05) is 0 Å². The number of aliphatic hydroxyl groups is 2. The lowest BCUT2D eigenvalue weighted by molar-refractivity contribution is 0.0886. The van der Waals surface area contributed by atoms with Gasteiger partial charge in [0.05, 0.1) is 6.10 Å². The van der Waals surface area contributed by atoms with Gasteiger partial charge in [0.1, 0.15) is 5.44 Å². The van der Waals surface area contributed by atoms with E-state index >= 15 is 0 Å². The van der Waals surface area contributed by atoms with Crippen molar-refractivity contribution in [1.29, 1.82) is 0 Å². The number of hydrogen-bond donors (Lipinski definition) is 3. The number of thiol groups is 1. The van der Waals surface area contributed by atoms with Gasteiger partial charge in [0.15, 0.2) is 0 Å². The van der Waals surface area contributed by atoms with E-state index in [4.69, 9.17) is 10.2 Å². The summed E-state index contributed by atoms with van der Waals surface area (Å²) < 4.78 is 0. The average Bonchev–Trinajstić information content (AvgIpc) is 1.36. The summed E-state index contributed by atoms with van der Waals surface area (Å²) in [5, 5.41) is 16.5. The van der Waals surface area contributed by atoms with E-state index < -0.39 is 11.5 Å². The molecular weight excluding hydrogens is 100 g/mol. The third-order valence-electron chi connectivity index (χ3n) is 0.431. The third-order valence-corrected chi connectivity index (χ3v) is 0.863. The first kappa shape index (κ1) is 6.27. The van der Waals surface area contributed by atoms with Crippen LogP contribution in [0.2, 0.25) is 0 Å². The zero-order valence-corrected chi connectivity index (χ0v) is 4.39. The summed E-state index contributed by atoms with van der Waals surface area (Å²) in [6, 6.07) is 0. The Kier molecular flexibility index (Phi) is 2.55. The first-order valence-electron chi connectivity index (χ1n) is 1.69. The van der Waals surface area contributed by atoms with Crippen molar-refractivity contribution in [2.24, 2.45) is 0 Å². The molecule has 0 aliphatic heterocycles. The normalized spacial score (nSPS) is 20.0. The van der Waals surface area contributed by atoms with Crippen molar-refractivity contribution < 1.29 is 10.2 Å². The van der Waals surface area contributed by atoms with Crippen LogP contribution in [0.5, 0.6) is 0 Å². The fourth-order valence-corrected chi connectivity index (χ4v) is 0. The molecule has 0 spiro atoms. The highest BCUT2D eigenvalue weighted by Gasteiger charge is 2.00. The second kappa shape index (κ2) is 2.44. The van der Waals surface area contributed by atoms with E-state index in [0.717, 1.165) is 0 Å². The molecule has 0 aromatic rings. The maximum absolute atomic E-state index is 8.30. The molecule has 2 N–H and O–H groups in total. The molecule has 38 valence electrons. The van der Waals surface area contributed by atoms with Crippen molar-refractivity contribution in [2.75, 3.05) is 0 Å². The highest BCUT2D eigenvalue weighted by molar-refractivity contribution is 7.80. The average molecular weight is 108 g/mol. The van der Waals surface area contributed by atoms with Crippen LogP contribution in [0.15, 0.2) is 0 Å². The van der Waals surface area contributed by atoms with Crippen molar-refractivity contribution in [3.05, 3.63) is 0 Å². The van der Waals surface area contributed by atoms with Gasteiger partial charge >= 0.3 is 0 Å². The van der Waals surface area contributed by atoms with Crippen molar-refractivity contribution >= 4 is 12.6 Å². The summed E-state index contributed by atoms with van der Waals surface area (Å²) in [4.78, 5) is 0. The highest BCUT2D eigenvalue weighted by atomic mass is 32.1. The standard InChI is InChI=1S/C3H8O2S/c1-2(4)3(5)6/h2-6H,1H3. The molecule has 0 heterocycles. The summed E-state index contributed by atoms with van der Waals surface area (Å²) in [6.07, 6.45) is -0.728. The zero-order chi connectivity index (χ0) is 5.15. The number of hydrogen-bond acceptors (Lipinski definition) is 3. The van der Waals surface area contributed by atoms with Crippen LogP contribution >= 0.6 is 12.6 Å². The lowest BCUT2D eigenvalue weighted by Gasteiger charge is -2.02. The van der Waals surface area contributed by atoms with E-state index in [0.29, 0.717) is 0 Å². The van der Waals surface area contributed by atoms with Gasteiger partial charge in [0.25, 0.3) is 0 Å². The molecule has 0 aliphatic carbocycles. The van der Waals surface area contributed by atoms with Crippen LogP contribution in [0.3, 0.4) is 0 Å². The molecule has 2 nitrogen and oxygen atoms in total. The van der Waals surface area contributed by atoms with E-state index in [1.54, 1.807) is 0 Å². The molecule has 0 saturated carbocycles.